The van der Waals surface area contributed by atoms with Gasteiger partial charge in [0.1, 0.15) is 0 Å². The van der Waals surface area contributed by atoms with Gasteiger partial charge in [0.2, 0.25) is 0 Å². The maximum Gasteiger partial charge on any atom is 0.151 e. The lowest BCUT2D eigenvalue weighted by Gasteiger charge is -2.38. The first-order valence-electron chi connectivity index (χ1n) is 4.35. The topological polar surface area (TPSA) is 32.3 Å². The van der Waals surface area contributed by atoms with Gasteiger partial charge in [-0.2, -0.15) is 0 Å². The van der Waals surface area contributed by atoms with E-state index in [-0.39, 0.29) is 6.04 Å². The third-order valence-corrected chi connectivity index (χ3v) is 2.59. The molecule has 11 heavy (non-hydrogen) atoms. The number of ketones is 1. The molecule has 2 fully saturated rings. The van der Waals surface area contributed by atoms with Gasteiger partial charge in [-0.05, 0) is 13.0 Å². The van der Waals surface area contributed by atoms with Gasteiger partial charge in [-0.25, -0.2) is 0 Å². The van der Waals surface area contributed by atoms with E-state index in [1.165, 1.54) is 0 Å². The molecule has 3 heteroatoms. The number of piperazine rings is 1. The minimum Gasteiger partial charge on any atom is -0.313 e. The van der Waals surface area contributed by atoms with Gasteiger partial charge in [0.05, 0.1) is 6.04 Å². The molecule has 2 saturated heterocycles. The molecule has 2 aliphatic rings. The van der Waals surface area contributed by atoms with Crippen LogP contribution in [0.4, 0.5) is 0 Å². The molecular formula is C8H14N2O. The molecule has 2 aliphatic heterocycles. The fourth-order valence-corrected chi connectivity index (χ4v) is 1.95. The van der Waals surface area contributed by atoms with E-state index in [0.717, 1.165) is 39.0 Å². The van der Waals surface area contributed by atoms with E-state index in [1.807, 2.05) is 0 Å². The minimum absolute atomic E-state index is 0.206. The van der Waals surface area contributed by atoms with Crippen molar-refractivity contribution in [2.75, 3.05) is 26.2 Å². The second kappa shape index (κ2) is 2.91. The zero-order chi connectivity index (χ0) is 7.68. The van der Waals surface area contributed by atoms with E-state index in [2.05, 4.69) is 10.2 Å². The average molecular weight is 154 g/mol. The normalized spacial score (nSPS) is 33.5. The molecule has 0 amide bonds. The molecule has 2 heterocycles. The van der Waals surface area contributed by atoms with Crippen molar-refractivity contribution < 1.29 is 4.79 Å². The van der Waals surface area contributed by atoms with Crippen LogP contribution < -0.4 is 5.32 Å². The van der Waals surface area contributed by atoms with Crippen LogP contribution in [0.2, 0.25) is 0 Å². The number of carbonyl (C=O) groups excluding carboxylic acids is 1. The lowest BCUT2D eigenvalue weighted by molar-refractivity contribution is -0.127. The van der Waals surface area contributed by atoms with E-state index in [9.17, 15) is 4.79 Å². The summed E-state index contributed by atoms with van der Waals surface area (Å²) in [6.45, 7) is 4.09. The Balaban J connectivity index is 2.05. The van der Waals surface area contributed by atoms with Crippen molar-refractivity contribution in [2.45, 2.75) is 18.9 Å². The Morgan fingerprint density at radius 3 is 3.18 bits per heavy atom. The van der Waals surface area contributed by atoms with E-state index in [4.69, 9.17) is 0 Å². The van der Waals surface area contributed by atoms with Crippen LogP contribution in [0.5, 0.6) is 0 Å². The standard InChI is InChI=1S/C8H14N2O/c11-8-2-1-4-10-5-3-9-6-7(8)10/h7,9H,1-6H2. The van der Waals surface area contributed by atoms with Crippen LogP contribution in [0.3, 0.4) is 0 Å². The van der Waals surface area contributed by atoms with Crippen molar-refractivity contribution in [3.8, 4) is 0 Å². The number of rotatable bonds is 0. The van der Waals surface area contributed by atoms with Crippen LogP contribution in [0, 0.1) is 0 Å². The number of fused-ring (bicyclic) bond motifs is 1. The summed E-state index contributed by atoms with van der Waals surface area (Å²) in [6, 6.07) is 0.206. The molecule has 0 saturated carbocycles. The maximum atomic E-state index is 11.3. The zero-order valence-corrected chi connectivity index (χ0v) is 6.68. The van der Waals surface area contributed by atoms with Gasteiger partial charge < -0.3 is 5.32 Å². The van der Waals surface area contributed by atoms with Crippen LogP contribution in [-0.4, -0.2) is 42.9 Å². The molecular weight excluding hydrogens is 140 g/mol. The Hall–Kier alpha value is -0.410. The number of nitrogens with zero attached hydrogens (tertiary/aromatic N) is 1. The molecule has 1 atom stereocenters. The SMILES string of the molecule is O=C1CCCN2CCNCC12. The molecule has 1 N–H and O–H groups in total. The summed E-state index contributed by atoms with van der Waals surface area (Å²) in [6.07, 6.45) is 1.86. The van der Waals surface area contributed by atoms with Crippen LogP contribution in [-0.2, 0) is 4.79 Å². The van der Waals surface area contributed by atoms with Gasteiger partial charge in [0.15, 0.2) is 5.78 Å². The first kappa shape index (κ1) is 7.25. The summed E-state index contributed by atoms with van der Waals surface area (Å²) in [4.78, 5) is 13.7. The lowest BCUT2D eigenvalue weighted by atomic mass is 9.99. The smallest absolute Gasteiger partial charge is 0.151 e. The van der Waals surface area contributed by atoms with Crippen LogP contribution >= 0.6 is 0 Å². The fraction of sp³-hybridized carbons (Fsp3) is 0.875. The van der Waals surface area contributed by atoms with E-state index >= 15 is 0 Å². The molecule has 0 aliphatic carbocycles. The highest BCUT2D eigenvalue weighted by Gasteiger charge is 2.30. The first-order chi connectivity index (χ1) is 5.38. The van der Waals surface area contributed by atoms with Crippen molar-refractivity contribution in [2.24, 2.45) is 0 Å². The summed E-state index contributed by atoms with van der Waals surface area (Å²) >= 11 is 0. The average Bonchev–Trinajstić information content (AvgIpc) is 2.06. The molecule has 0 bridgehead atoms. The highest BCUT2D eigenvalue weighted by Crippen LogP contribution is 2.14. The highest BCUT2D eigenvalue weighted by molar-refractivity contribution is 5.85. The van der Waals surface area contributed by atoms with Crippen LogP contribution in [0.15, 0.2) is 0 Å². The molecule has 0 aromatic heterocycles. The largest absolute Gasteiger partial charge is 0.313 e. The predicted octanol–water partition coefficient (Wildman–Crippen LogP) is -0.377. The zero-order valence-electron chi connectivity index (χ0n) is 6.68. The van der Waals surface area contributed by atoms with Crippen molar-refractivity contribution in [3.63, 3.8) is 0 Å². The van der Waals surface area contributed by atoms with Gasteiger partial charge >= 0.3 is 0 Å². The molecule has 2 rings (SSSR count). The number of nitrogens with one attached hydrogen (secondary N) is 1. The number of piperidine rings is 1. The van der Waals surface area contributed by atoms with Gasteiger partial charge in [0, 0.05) is 26.1 Å². The highest BCUT2D eigenvalue weighted by atomic mass is 16.1. The number of hydrogen-bond donors (Lipinski definition) is 1. The monoisotopic (exact) mass is 154 g/mol. The number of hydrogen-bond acceptors (Lipinski definition) is 3. The van der Waals surface area contributed by atoms with E-state index < -0.39 is 0 Å². The Labute approximate surface area is 66.8 Å². The van der Waals surface area contributed by atoms with Crippen molar-refractivity contribution in [3.05, 3.63) is 0 Å². The Morgan fingerprint density at radius 1 is 1.45 bits per heavy atom. The summed E-state index contributed by atoms with van der Waals surface area (Å²) in [7, 11) is 0. The maximum absolute atomic E-state index is 11.3. The third-order valence-electron chi connectivity index (χ3n) is 2.59. The molecule has 62 valence electrons. The van der Waals surface area contributed by atoms with Gasteiger partial charge in [-0.1, -0.05) is 0 Å². The number of carbonyl (C=O) groups is 1. The van der Waals surface area contributed by atoms with E-state index in [1.54, 1.807) is 0 Å². The molecule has 3 nitrogen and oxygen atoms in total. The van der Waals surface area contributed by atoms with Gasteiger partial charge in [-0.3, -0.25) is 9.69 Å². The van der Waals surface area contributed by atoms with Crippen LogP contribution in [0.25, 0.3) is 0 Å². The van der Waals surface area contributed by atoms with Crippen molar-refractivity contribution >= 4 is 5.78 Å². The van der Waals surface area contributed by atoms with Crippen LogP contribution in [0.1, 0.15) is 12.8 Å². The summed E-state index contributed by atoms with van der Waals surface area (Å²) < 4.78 is 0. The summed E-state index contributed by atoms with van der Waals surface area (Å²) in [5, 5.41) is 3.25. The second-order valence-electron chi connectivity index (χ2n) is 3.33. The Kier molecular flexibility index (Phi) is 1.92. The molecule has 0 aromatic carbocycles. The third kappa shape index (κ3) is 1.30. The summed E-state index contributed by atoms with van der Waals surface area (Å²) in [5.41, 5.74) is 0. The molecule has 0 radical (unpaired) electrons. The first-order valence-corrected chi connectivity index (χ1v) is 4.35. The van der Waals surface area contributed by atoms with Crippen molar-refractivity contribution in [1.82, 2.24) is 10.2 Å². The van der Waals surface area contributed by atoms with Gasteiger partial charge in [-0.15, -0.1) is 0 Å². The Morgan fingerprint density at radius 2 is 2.36 bits per heavy atom. The minimum atomic E-state index is 0.206. The number of Topliss-reactive ketones (excluding diaryl/α,β-unsaturated/α-hetero) is 1. The van der Waals surface area contributed by atoms with Gasteiger partial charge in [0.25, 0.3) is 0 Å². The predicted molar refractivity (Wildman–Crippen MR) is 42.5 cm³/mol. The molecule has 1 unspecified atom stereocenters. The quantitative estimate of drug-likeness (QED) is 0.516. The van der Waals surface area contributed by atoms with Crippen molar-refractivity contribution in [1.29, 1.82) is 0 Å². The summed E-state index contributed by atoms with van der Waals surface area (Å²) in [5.74, 6) is 0.434. The lowest BCUT2D eigenvalue weighted by Crippen LogP contribution is -2.57. The molecule has 0 aromatic rings. The molecule has 0 spiro atoms. The Bertz CT molecular complexity index is 167. The van der Waals surface area contributed by atoms with E-state index in [0.29, 0.717) is 5.78 Å². The second-order valence-corrected chi connectivity index (χ2v) is 3.33. The fourth-order valence-electron chi connectivity index (χ4n) is 1.95.